The lowest BCUT2D eigenvalue weighted by atomic mass is 9.91. The summed E-state index contributed by atoms with van der Waals surface area (Å²) in [6.45, 7) is 4.71. The Balaban J connectivity index is 1.19. The summed E-state index contributed by atoms with van der Waals surface area (Å²) in [5, 5.41) is 8.04. The van der Waals surface area contributed by atoms with Gasteiger partial charge < -0.3 is 15.0 Å². The van der Waals surface area contributed by atoms with Gasteiger partial charge in [-0.15, -0.1) is 5.10 Å². The molecular weight excluding hydrogens is 659 g/mol. The molecule has 2 N–H and O–H groups in total. The Kier molecular flexibility index (Phi) is 8.53. The average Bonchev–Trinajstić information content (AvgIpc) is 3.63. The van der Waals surface area contributed by atoms with Crippen molar-refractivity contribution in [1.82, 2.24) is 34.4 Å². The molecule has 2 aliphatic heterocycles. The van der Waals surface area contributed by atoms with Gasteiger partial charge in [0, 0.05) is 42.3 Å². The minimum atomic E-state index is -4.24. The number of rotatable bonds is 6. The highest BCUT2D eigenvalue weighted by Crippen LogP contribution is 2.59. The van der Waals surface area contributed by atoms with Gasteiger partial charge in [-0.2, -0.15) is 13.2 Å². The number of nitrogens with one attached hydrogen (secondary N) is 2. The first-order valence-electron chi connectivity index (χ1n) is 16.2. The summed E-state index contributed by atoms with van der Waals surface area (Å²) in [7, 11) is -1.98. The maximum atomic E-state index is 13.7. The summed E-state index contributed by atoms with van der Waals surface area (Å²) in [5.41, 5.74) is -0.910. The summed E-state index contributed by atoms with van der Waals surface area (Å²) in [6.07, 6.45) is 4.91. The monoisotopic (exact) mass is 695 g/mol. The van der Waals surface area contributed by atoms with Crippen molar-refractivity contribution < 1.29 is 26.9 Å². The normalized spacial score (nSPS) is 23.0. The van der Waals surface area contributed by atoms with Gasteiger partial charge in [0.25, 0.3) is 5.91 Å². The Morgan fingerprint density at radius 1 is 1.06 bits per heavy atom. The van der Waals surface area contributed by atoms with Gasteiger partial charge >= 0.3 is 6.18 Å². The van der Waals surface area contributed by atoms with E-state index in [0.29, 0.717) is 24.0 Å². The molecule has 4 aromatic rings. The molecule has 49 heavy (non-hydrogen) atoms. The van der Waals surface area contributed by atoms with E-state index in [-0.39, 0.29) is 59.8 Å². The molecule has 1 aliphatic carbocycles. The van der Waals surface area contributed by atoms with E-state index in [2.05, 4.69) is 48.8 Å². The molecule has 0 radical (unpaired) electrons. The second kappa shape index (κ2) is 12.7. The van der Waals surface area contributed by atoms with Crippen LogP contribution in [-0.2, 0) is 11.0 Å². The maximum absolute atomic E-state index is 13.7. The molecule has 1 saturated carbocycles. The van der Waals surface area contributed by atoms with Gasteiger partial charge in [-0.05, 0) is 82.6 Å². The highest BCUT2D eigenvalue weighted by Gasteiger charge is 2.62. The van der Waals surface area contributed by atoms with Crippen LogP contribution >= 0.6 is 0 Å². The average molecular weight is 696 g/mol. The Hall–Kier alpha value is -4.60. The lowest BCUT2D eigenvalue weighted by Gasteiger charge is -2.34. The number of halogens is 3. The predicted octanol–water partition coefficient (Wildman–Crippen LogP) is 5.57. The van der Waals surface area contributed by atoms with Crippen molar-refractivity contribution in [2.45, 2.75) is 75.2 Å². The molecule has 2 fully saturated rings. The number of pyridine rings is 2. The van der Waals surface area contributed by atoms with Crippen molar-refractivity contribution in [3.8, 4) is 11.7 Å². The van der Waals surface area contributed by atoms with E-state index in [4.69, 9.17) is 9.72 Å². The van der Waals surface area contributed by atoms with Crippen LogP contribution in [0.15, 0.2) is 66.3 Å². The van der Waals surface area contributed by atoms with Crippen molar-refractivity contribution in [3.63, 3.8) is 0 Å². The molecule has 3 aliphatic rings. The van der Waals surface area contributed by atoms with Crippen LogP contribution in [0.5, 0.6) is 5.88 Å². The molecule has 0 aromatic carbocycles. The zero-order valence-corrected chi connectivity index (χ0v) is 27.8. The van der Waals surface area contributed by atoms with Crippen molar-refractivity contribution >= 4 is 28.5 Å². The number of ether oxygens (including phenoxy) is 1. The van der Waals surface area contributed by atoms with Crippen LogP contribution < -0.4 is 19.7 Å². The van der Waals surface area contributed by atoms with Gasteiger partial charge in [-0.1, -0.05) is 6.07 Å². The number of carbonyl (C=O) groups is 1. The standard InChI is InChI=1S/C33H36F3N9O3S/c1-31(2)16-21-6-8-24(22-17-37-20-38-18-22)39-25-4-3-5-28(40-25)49(47)43-30(46)23-7-9-26(41-29(23)44(31)19-21)45-14-10-27(42-45)48-15-13-32(11-12-32)33(34,35)36/h3-5,7,9-10,14,17-18,20-21,24H,6,8,11-13,15-16,19H2,1-2H3,(H,39,40)(H,43,46)/t21-,24?,49?/m0/s1. The van der Waals surface area contributed by atoms with Crippen LogP contribution in [-0.4, -0.2) is 64.7 Å². The highest BCUT2D eigenvalue weighted by molar-refractivity contribution is 7.83. The first-order chi connectivity index (χ1) is 23.4. The Morgan fingerprint density at radius 2 is 1.86 bits per heavy atom. The van der Waals surface area contributed by atoms with E-state index in [1.54, 1.807) is 55.0 Å². The molecule has 1 amide bonds. The summed E-state index contributed by atoms with van der Waals surface area (Å²) < 4.78 is 63.1. The molecule has 3 atom stereocenters. The number of hydrogen-bond donors (Lipinski definition) is 2. The third-order valence-electron chi connectivity index (χ3n) is 9.67. The number of alkyl halides is 3. The van der Waals surface area contributed by atoms with Gasteiger partial charge in [-0.3, -0.25) is 9.52 Å². The van der Waals surface area contributed by atoms with Gasteiger partial charge in [0.1, 0.15) is 18.0 Å². The SMILES string of the molecule is CC1(C)C[C@@H]2CCC(c3cncnc3)Nc3cccc(n3)S(=O)NC(=O)c3ccc(-n4ccc(OCCC5(C(F)(F)F)CC5)n4)nc3N1C2. The van der Waals surface area contributed by atoms with E-state index < -0.39 is 28.5 Å². The molecule has 16 heteroatoms. The third-order valence-corrected chi connectivity index (χ3v) is 10.7. The summed E-state index contributed by atoms with van der Waals surface area (Å²) in [4.78, 5) is 33.7. The number of aromatic nitrogens is 6. The van der Waals surface area contributed by atoms with E-state index in [1.807, 2.05) is 0 Å². The number of carbonyl (C=O) groups excluding carboxylic acids is 1. The lowest BCUT2D eigenvalue weighted by molar-refractivity contribution is -0.190. The van der Waals surface area contributed by atoms with Crippen molar-refractivity contribution in [1.29, 1.82) is 0 Å². The topological polar surface area (TPSA) is 140 Å². The van der Waals surface area contributed by atoms with E-state index in [9.17, 15) is 22.2 Å². The van der Waals surface area contributed by atoms with Gasteiger partial charge in [0.2, 0.25) is 5.88 Å². The smallest absolute Gasteiger partial charge is 0.394 e. The molecule has 1 saturated heterocycles. The summed E-state index contributed by atoms with van der Waals surface area (Å²) in [5.74, 6) is 1.15. The van der Waals surface area contributed by atoms with Gasteiger partial charge in [0.05, 0.1) is 23.6 Å². The van der Waals surface area contributed by atoms with E-state index in [1.165, 1.54) is 11.0 Å². The summed E-state index contributed by atoms with van der Waals surface area (Å²) in [6, 6.07) is 9.74. The van der Waals surface area contributed by atoms with Crippen LogP contribution in [0.1, 0.15) is 74.3 Å². The molecule has 4 aromatic heterocycles. The number of fused-ring (bicyclic) bond motifs is 6. The van der Waals surface area contributed by atoms with Gasteiger partial charge in [0.15, 0.2) is 21.8 Å². The zero-order chi connectivity index (χ0) is 34.4. The van der Waals surface area contributed by atoms with Crippen molar-refractivity contribution in [2.24, 2.45) is 11.3 Å². The van der Waals surface area contributed by atoms with Crippen LogP contribution in [0.4, 0.5) is 24.8 Å². The minimum Gasteiger partial charge on any atom is -0.477 e. The van der Waals surface area contributed by atoms with Crippen LogP contribution in [0.2, 0.25) is 0 Å². The number of hydrogen-bond acceptors (Lipinski definition) is 10. The van der Waals surface area contributed by atoms with Crippen LogP contribution in [0, 0.1) is 11.3 Å². The largest absolute Gasteiger partial charge is 0.477 e. The first-order valence-corrected chi connectivity index (χ1v) is 17.3. The number of nitrogens with zero attached hydrogens (tertiary/aromatic N) is 7. The van der Waals surface area contributed by atoms with Gasteiger partial charge in [-0.25, -0.2) is 28.8 Å². The first kappa shape index (κ1) is 32.9. The minimum absolute atomic E-state index is 0.111. The molecule has 4 bridgehead atoms. The van der Waals surface area contributed by atoms with E-state index >= 15 is 0 Å². The molecular formula is C33H36F3N9O3S. The molecule has 2 unspecified atom stereocenters. The molecule has 7 rings (SSSR count). The number of amides is 1. The molecule has 6 heterocycles. The molecule has 258 valence electrons. The fourth-order valence-electron chi connectivity index (χ4n) is 6.77. The van der Waals surface area contributed by atoms with Crippen LogP contribution in [0.25, 0.3) is 5.82 Å². The number of anilines is 2. The van der Waals surface area contributed by atoms with Crippen LogP contribution in [0.3, 0.4) is 0 Å². The van der Waals surface area contributed by atoms with E-state index in [0.717, 1.165) is 24.8 Å². The van der Waals surface area contributed by atoms with Crippen molar-refractivity contribution in [2.75, 3.05) is 23.4 Å². The fourth-order valence-corrected chi connectivity index (χ4v) is 7.54. The molecule has 0 spiro atoms. The lowest BCUT2D eigenvalue weighted by Crippen LogP contribution is -2.40. The fraction of sp³-hybridized carbons (Fsp3) is 0.455. The molecule has 12 nitrogen and oxygen atoms in total. The Labute approximate surface area is 283 Å². The highest BCUT2D eigenvalue weighted by atomic mass is 32.2. The third kappa shape index (κ3) is 6.82. The second-order valence-corrected chi connectivity index (χ2v) is 14.7. The van der Waals surface area contributed by atoms with Crippen molar-refractivity contribution in [3.05, 3.63) is 72.4 Å². The Bertz CT molecular complexity index is 1870. The Morgan fingerprint density at radius 3 is 2.61 bits per heavy atom. The maximum Gasteiger partial charge on any atom is 0.394 e. The summed E-state index contributed by atoms with van der Waals surface area (Å²) >= 11 is 0. The zero-order valence-electron chi connectivity index (χ0n) is 27.0. The predicted molar refractivity (Wildman–Crippen MR) is 174 cm³/mol. The quantitative estimate of drug-likeness (QED) is 0.263. The second-order valence-electron chi connectivity index (χ2n) is 13.5.